The predicted molar refractivity (Wildman–Crippen MR) is 160 cm³/mol. The monoisotopic (exact) mass is 732 g/mol. The Morgan fingerprint density at radius 3 is 1.64 bits per heavy atom. The van der Waals surface area contributed by atoms with Crippen molar-refractivity contribution in [2.75, 3.05) is 11.6 Å². The van der Waals surface area contributed by atoms with Crippen LogP contribution in [0.15, 0.2) is 103 Å². The molecule has 212 valence electrons. The number of aryl methyl sites for hydroxylation is 1. The summed E-state index contributed by atoms with van der Waals surface area (Å²) < 4.78 is -0.750. The minimum Gasteiger partial charge on any atom is -1.00 e. The largest absolute Gasteiger partial charge is 2.00 e. The molecule has 39 heavy (non-hydrogen) atoms. The van der Waals surface area contributed by atoms with Crippen LogP contribution in [0.2, 0.25) is 0 Å². The van der Waals surface area contributed by atoms with Crippen LogP contribution in [0.25, 0.3) is 0 Å². The van der Waals surface area contributed by atoms with Gasteiger partial charge in [0.2, 0.25) is 0 Å². The Kier molecular flexibility index (Phi) is 23.2. The topological polar surface area (TPSA) is 45.2 Å². The first-order valence-corrected chi connectivity index (χ1v) is 14.4. The summed E-state index contributed by atoms with van der Waals surface area (Å²) >= 11 is 14.4. The Morgan fingerprint density at radius 2 is 1.23 bits per heavy atom. The number of pyridine rings is 1. The van der Waals surface area contributed by atoms with Crippen molar-refractivity contribution in [1.82, 2.24) is 4.98 Å². The molecule has 3 nitrogen and oxygen atoms in total. The van der Waals surface area contributed by atoms with Crippen LogP contribution in [-0.4, -0.2) is 20.7 Å². The van der Waals surface area contributed by atoms with Gasteiger partial charge < -0.3 is 35.2 Å². The van der Waals surface area contributed by atoms with E-state index < -0.39 is 12.2 Å². The maximum atomic E-state index is 9.85. The van der Waals surface area contributed by atoms with E-state index in [0.29, 0.717) is 11.7 Å². The maximum Gasteiger partial charge on any atom is 2.00 e. The van der Waals surface area contributed by atoms with Crippen molar-refractivity contribution in [2.45, 2.75) is 31.0 Å². The van der Waals surface area contributed by atoms with E-state index in [2.05, 4.69) is 104 Å². The van der Waals surface area contributed by atoms with E-state index in [1.807, 2.05) is 12.1 Å². The summed E-state index contributed by atoms with van der Waals surface area (Å²) in [5.74, 6) is 1.36. The zero-order valence-electron chi connectivity index (χ0n) is 21.8. The predicted octanol–water partition coefficient (Wildman–Crippen LogP) is 2.40. The molecule has 0 aliphatic heterocycles. The second kappa shape index (κ2) is 22.6. The van der Waals surface area contributed by atoms with E-state index >= 15 is 0 Å². The average Bonchev–Trinajstić information content (AvgIpc) is 2.87. The maximum absolute atomic E-state index is 9.85. The Balaban J connectivity index is 0. The van der Waals surface area contributed by atoms with Crippen LogP contribution >= 0.6 is 42.7 Å². The van der Waals surface area contributed by atoms with Gasteiger partial charge in [-0.25, -0.2) is 4.98 Å². The van der Waals surface area contributed by atoms with Crippen LogP contribution in [-0.2, 0) is 19.5 Å². The SMILES string of the molecule is Cc1ccc(C(C)C)cc1.ClC(Cl)Cl.Oc1cccnc1NCP(c1ccccc1)c1ccccc1.[Cl-].[Cl-].[Ru+2]. The van der Waals surface area contributed by atoms with E-state index in [-0.39, 0.29) is 50.0 Å². The number of alkyl halides is 3. The van der Waals surface area contributed by atoms with Crippen molar-refractivity contribution in [3.05, 3.63) is 114 Å². The van der Waals surface area contributed by atoms with E-state index in [9.17, 15) is 5.11 Å². The normalized spacial score (nSPS) is 9.56. The zero-order chi connectivity index (χ0) is 26.3. The Bertz CT molecular complexity index is 1100. The van der Waals surface area contributed by atoms with E-state index in [1.54, 1.807) is 18.3 Å². The second-order valence-corrected chi connectivity index (χ2v) is 12.3. The van der Waals surface area contributed by atoms with Gasteiger partial charge in [-0.15, -0.1) is 0 Å². The molecule has 0 saturated heterocycles. The van der Waals surface area contributed by atoms with Crippen LogP contribution in [0.4, 0.5) is 5.82 Å². The molecule has 0 aliphatic rings. The number of hydrogen-bond acceptors (Lipinski definition) is 3. The third-order valence-electron chi connectivity index (χ3n) is 5.07. The molecule has 1 aromatic heterocycles. The van der Waals surface area contributed by atoms with Crippen molar-refractivity contribution in [1.29, 1.82) is 0 Å². The van der Waals surface area contributed by atoms with Gasteiger partial charge in [0, 0.05) is 12.5 Å². The molecule has 4 aromatic rings. The fraction of sp³-hybridized carbons (Fsp3) is 0.207. The van der Waals surface area contributed by atoms with Crippen LogP contribution in [0.5, 0.6) is 5.75 Å². The molecule has 0 spiro atoms. The van der Waals surface area contributed by atoms with Crippen molar-refractivity contribution in [3.63, 3.8) is 0 Å². The molecule has 0 atom stereocenters. The minimum absolute atomic E-state index is 0. The van der Waals surface area contributed by atoms with Gasteiger partial charge in [-0.2, -0.15) is 0 Å². The number of rotatable bonds is 6. The minimum atomic E-state index is -0.750. The molecule has 0 bridgehead atoms. The van der Waals surface area contributed by atoms with Crippen molar-refractivity contribution >= 4 is 59.2 Å². The number of anilines is 1. The second-order valence-electron chi connectivity index (χ2n) is 8.12. The van der Waals surface area contributed by atoms with Gasteiger partial charge in [0.05, 0.1) is 0 Å². The summed E-state index contributed by atoms with van der Waals surface area (Å²) in [5.41, 5.74) is 2.76. The number of aromatic hydroxyl groups is 1. The molecule has 3 aromatic carbocycles. The first-order chi connectivity index (χ1) is 17.3. The Morgan fingerprint density at radius 1 is 0.769 bits per heavy atom. The van der Waals surface area contributed by atoms with Crippen LogP contribution in [0, 0.1) is 6.92 Å². The van der Waals surface area contributed by atoms with Crippen LogP contribution in [0.3, 0.4) is 0 Å². The third-order valence-corrected chi connectivity index (χ3v) is 7.39. The fourth-order valence-electron chi connectivity index (χ4n) is 3.19. The standard InChI is InChI=1S/C18H17N2OP.C10H14.CHCl3.2ClH.Ru/c21-17-12-7-13-19-18(17)20-14-22(15-8-3-1-4-9-15)16-10-5-2-6-11-16;1-8(2)10-6-4-9(3)5-7-10;2-1(3)4;;;/h1-13,21H,14H2,(H,19,20);4-8H,1-3H3;1H;2*1H;/q;;;;;+2/p-2. The summed E-state index contributed by atoms with van der Waals surface area (Å²) in [7, 11) is -0.549. The molecule has 0 aliphatic carbocycles. The number of aromatic nitrogens is 1. The molecule has 0 fully saturated rings. The van der Waals surface area contributed by atoms with Crippen molar-refractivity contribution in [3.8, 4) is 5.75 Å². The van der Waals surface area contributed by atoms with Crippen molar-refractivity contribution < 1.29 is 49.4 Å². The van der Waals surface area contributed by atoms with Crippen LogP contribution in [0.1, 0.15) is 30.9 Å². The third kappa shape index (κ3) is 16.1. The number of benzene rings is 3. The number of hydrogen-bond donors (Lipinski definition) is 2. The molecular weight excluding hydrogens is 702 g/mol. The van der Waals surface area contributed by atoms with Crippen molar-refractivity contribution in [2.24, 2.45) is 0 Å². The number of halogens is 5. The Hall–Kier alpha value is -1.09. The smallest absolute Gasteiger partial charge is 1.00 e. The summed E-state index contributed by atoms with van der Waals surface area (Å²) in [6.07, 6.45) is 2.41. The van der Waals surface area contributed by atoms with Gasteiger partial charge in [0.15, 0.2) is 15.9 Å². The van der Waals surface area contributed by atoms with Gasteiger partial charge >= 0.3 is 19.5 Å². The summed E-state index contributed by atoms with van der Waals surface area (Å²) in [4.78, 5) is 4.19. The average molecular weight is 734 g/mol. The molecule has 0 unspecified atom stereocenters. The van der Waals surface area contributed by atoms with Crippen LogP contribution < -0.4 is 40.7 Å². The first-order valence-electron chi connectivity index (χ1n) is 11.5. The molecule has 0 amide bonds. The van der Waals surface area contributed by atoms with Gasteiger partial charge in [-0.05, 0) is 49.1 Å². The first kappa shape index (κ1) is 40.1. The molecule has 10 heteroatoms. The summed E-state index contributed by atoms with van der Waals surface area (Å²) in [6, 6.07) is 33.0. The summed E-state index contributed by atoms with van der Waals surface area (Å²) in [5, 5.41) is 15.7. The van der Waals surface area contributed by atoms with E-state index in [4.69, 9.17) is 34.8 Å². The zero-order valence-corrected chi connectivity index (χ0v) is 28.2. The number of nitrogens with zero attached hydrogens (tertiary/aromatic N) is 1. The van der Waals surface area contributed by atoms with Gasteiger partial charge in [0.1, 0.15) is 0 Å². The van der Waals surface area contributed by atoms with Gasteiger partial charge in [-0.3, -0.25) is 0 Å². The molecule has 4 rings (SSSR count). The fourth-order valence-corrected chi connectivity index (χ4v) is 5.22. The molecule has 0 saturated carbocycles. The van der Waals surface area contributed by atoms with Gasteiger partial charge in [0.25, 0.3) is 0 Å². The molecule has 0 radical (unpaired) electrons. The summed E-state index contributed by atoms with van der Waals surface area (Å²) in [6.45, 7) is 6.54. The van der Waals surface area contributed by atoms with E-state index in [0.717, 1.165) is 6.29 Å². The van der Waals surface area contributed by atoms with E-state index in [1.165, 1.54) is 21.7 Å². The quantitative estimate of drug-likeness (QED) is 0.182. The Labute approximate surface area is 274 Å². The molecular formula is C29H32Cl5N2OPRu. The molecule has 1 heterocycles. The number of nitrogens with one attached hydrogen (secondary N) is 1. The van der Waals surface area contributed by atoms with Gasteiger partial charge in [-0.1, -0.05) is 139 Å². The molecule has 2 N–H and O–H groups in total.